The minimum atomic E-state index is -0.839. The number of aromatic carboxylic acids is 1. The molecule has 0 aromatic heterocycles. The molecule has 2 aliphatic heterocycles. The van der Waals surface area contributed by atoms with Gasteiger partial charge in [-0.2, -0.15) is 0 Å². The molecule has 3 rings (SSSR count). The van der Waals surface area contributed by atoms with Crippen LogP contribution in [0.5, 0.6) is 0 Å². The minimum Gasteiger partial charge on any atom is -0.478 e. The Bertz CT molecular complexity index is 516. The molecule has 0 radical (unpaired) electrons. The molecule has 0 bridgehead atoms. The van der Waals surface area contributed by atoms with E-state index in [9.17, 15) is 9.90 Å². The first-order valence-electron chi connectivity index (χ1n) is 8.02. The van der Waals surface area contributed by atoms with Gasteiger partial charge in [-0.25, -0.2) is 4.79 Å². The van der Waals surface area contributed by atoms with Crippen molar-refractivity contribution >= 4 is 17.3 Å². The first kappa shape index (κ1) is 14.2. The van der Waals surface area contributed by atoms with Gasteiger partial charge in [-0.1, -0.05) is 6.92 Å². The van der Waals surface area contributed by atoms with Gasteiger partial charge in [0.25, 0.3) is 0 Å². The Morgan fingerprint density at radius 2 is 1.67 bits per heavy atom. The predicted octanol–water partition coefficient (Wildman–Crippen LogP) is 3.22. The summed E-state index contributed by atoms with van der Waals surface area (Å²) < 4.78 is 0. The third kappa shape index (κ3) is 2.99. The van der Waals surface area contributed by atoms with E-state index in [1.807, 2.05) is 12.1 Å². The lowest BCUT2D eigenvalue weighted by Crippen LogP contribution is -2.34. The standard InChI is InChI=1S/C17H24N2O2/c1-13-6-10-19(11-7-13)15-5-4-14(17(20)21)12-16(15)18-8-2-3-9-18/h4-5,12-13H,2-3,6-11H2,1H3,(H,20,21). The van der Waals surface area contributed by atoms with Crippen LogP contribution in [-0.4, -0.2) is 37.3 Å². The van der Waals surface area contributed by atoms with Crippen molar-refractivity contribution in [2.24, 2.45) is 5.92 Å². The third-order valence-electron chi connectivity index (χ3n) is 4.79. The summed E-state index contributed by atoms with van der Waals surface area (Å²) in [6.07, 6.45) is 4.85. The second-order valence-corrected chi connectivity index (χ2v) is 6.37. The molecule has 114 valence electrons. The summed E-state index contributed by atoms with van der Waals surface area (Å²) in [5.74, 6) is -0.0379. The van der Waals surface area contributed by atoms with Gasteiger partial charge in [-0.05, 0) is 49.8 Å². The van der Waals surface area contributed by atoms with Crippen molar-refractivity contribution in [3.8, 4) is 0 Å². The van der Waals surface area contributed by atoms with Crippen molar-refractivity contribution in [2.45, 2.75) is 32.6 Å². The van der Waals surface area contributed by atoms with Gasteiger partial charge in [0.2, 0.25) is 0 Å². The van der Waals surface area contributed by atoms with Crippen molar-refractivity contribution in [3.63, 3.8) is 0 Å². The number of piperidine rings is 1. The lowest BCUT2D eigenvalue weighted by atomic mass is 9.98. The fourth-order valence-electron chi connectivity index (χ4n) is 3.38. The number of carboxylic acids is 1. The van der Waals surface area contributed by atoms with Gasteiger partial charge in [-0.15, -0.1) is 0 Å². The largest absolute Gasteiger partial charge is 0.478 e. The van der Waals surface area contributed by atoms with E-state index in [0.717, 1.165) is 37.8 Å². The predicted molar refractivity (Wildman–Crippen MR) is 85.5 cm³/mol. The van der Waals surface area contributed by atoms with Gasteiger partial charge in [0, 0.05) is 26.2 Å². The third-order valence-corrected chi connectivity index (χ3v) is 4.79. The van der Waals surface area contributed by atoms with E-state index < -0.39 is 5.97 Å². The fraction of sp³-hybridized carbons (Fsp3) is 0.588. The van der Waals surface area contributed by atoms with Gasteiger partial charge >= 0.3 is 5.97 Å². The Kier molecular flexibility index (Phi) is 4.04. The number of anilines is 2. The van der Waals surface area contributed by atoms with Gasteiger partial charge in [0.05, 0.1) is 16.9 Å². The number of carboxylic acid groups (broad SMARTS) is 1. The molecule has 2 heterocycles. The zero-order chi connectivity index (χ0) is 14.8. The summed E-state index contributed by atoms with van der Waals surface area (Å²) in [4.78, 5) is 16.0. The molecule has 0 unspecified atom stereocenters. The van der Waals surface area contributed by atoms with Crippen LogP contribution >= 0.6 is 0 Å². The molecule has 0 amide bonds. The van der Waals surface area contributed by atoms with Crippen LogP contribution in [0.1, 0.15) is 43.0 Å². The highest BCUT2D eigenvalue weighted by molar-refractivity contribution is 5.91. The number of hydrogen-bond acceptors (Lipinski definition) is 3. The van der Waals surface area contributed by atoms with E-state index in [4.69, 9.17) is 0 Å². The van der Waals surface area contributed by atoms with E-state index in [2.05, 4.69) is 16.7 Å². The highest BCUT2D eigenvalue weighted by Gasteiger charge is 2.23. The van der Waals surface area contributed by atoms with Crippen molar-refractivity contribution in [3.05, 3.63) is 23.8 Å². The van der Waals surface area contributed by atoms with Crippen molar-refractivity contribution < 1.29 is 9.90 Å². The van der Waals surface area contributed by atoms with Gasteiger partial charge < -0.3 is 14.9 Å². The van der Waals surface area contributed by atoms with Crippen LogP contribution in [0.15, 0.2) is 18.2 Å². The zero-order valence-corrected chi connectivity index (χ0v) is 12.7. The maximum atomic E-state index is 11.3. The molecule has 2 aliphatic rings. The highest BCUT2D eigenvalue weighted by Crippen LogP contribution is 2.35. The lowest BCUT2D eigenvalue weighted by molar-refractivity contribution is 0.0697. The van der Waals surface area contributed by atoms with E-state index in [0.29, 0.717) is 5.56 Å². The molecule has 2 fully saturated rings. The van der Waals surface area contributed by atoms with Crippen LogP contribution in [0.4, 0.5) is 11.4 Å². The molecule has 4 nitrogen and oxygen atoms in total. The Labute approximate surface area is 126 Å². The van der Waals surface area contributed by atoms with Crippen LogP contribution in [0, 0.1) is 5.92 Å². The highest BCUT2D eigenvalue weighted by atomic mass is 16.4. The van der Waals surface area contributed by atoms with Crippen molar-refractivity contribution in [2.75, 3.05) is 36.0 Å². The fourth-order valence-corrected chi connectivity index (χ4v) is 3.38. The molecule has 4 heteroatoms. The summed E-state index contributed by atoms with van der Waals surface area (Å²) in [6, 6.07) is 5.61. The Balaban J connectivity index is 1.92. The van der Waals surface area contributed by atoms with Gasteiger partial charge in [0.1, 0.15) is 0 Å². The summed E-state index contributed by atoms with van der Waals surface area (Å²) >= 11 is 0. The maximum absolute atomic E-state index is 11.3. The summed E-state index contributed by atoms with van der Waals surface area (Å²) in [5.41, 5.74) is 2.72. The Morgan fingerprint density at radius 3 is 2.29 bits per heavy atom. The average molecular weight is 288 g/mol. The zero-order valence-electron chi connectivity index (χ0n) is 12.7. The number of nitrogens with zero attached hydrogens (tertiary/aromatic N) is 2. The molecular formula is C17H24N2O2. The van der Waals surface area contributed by atoms with Crippen LogP contribution in [-0.2, 0) is 0 Å². The molecular weight excluding hydrogens is 264 g/mol. The van der Waals surface area contributed by atoms with Crippen LogP contribution in [0.3, 0.4) is 0 Å². The molecule has 21 heavy (non-hydrogen) atoms. The number of rotatable bonds is 3. The second kappa shape index (κ2) is 5.96. The van der Waals surface area contributed by atoms with Crippen LogP contribution < -0.4 is 9.80 Å². The van der Waals surface area contributed by atoms with E-state index in [1.54, 1.807) is 6.07 Å². The van der Waals surface area contributed by atoms with E-state index >= 15 is 0 Å². The quantitative estimate of drug-likeness (QED) is 0.927. The molecule has 0 atom stereocenters. The molecule has 0 spiro atoms. The second-order valence-electron chi connectivity index (χ2n) is 6.37. The van der Waals surface area contributed by atoms with E-state index in [1.165, 1.54) is 31.4 Å². The van der Waals surface area contributed by atoms with Crippen molar-refractivity contribution in [1.29, 1.82) is 0 Å². The Hall–Kier alpha value is -1.71. The topological polar surface area (TPSA) is 43.8 Å². The number of hydrogen-bond donors (Lipinski definition) is 1. The monoisotopic (exact) mass is 288 g/mol. The van der Waals surface area contributed by atoms with Gasteiger partial charge in [-0.3, -0.25) is 0 Å². The minimum absolute atomic E-state index is 0.394. The average Bonchev–Trinajstić information content (AvgIpc) is 3.01. The smallest absolute Gasteiger partial charge is 0.335 e. The summed E-state index contributed by atoms with van der Waals surface area (Å²) in [6.45, 7) is 6.55. The summed E-state index contributed by atoms with van der Waals surface area (Å²) in [7, 11) is 0. The number of benzene rings is 1. The molecule has 0 aliphatic carbocycles. The first-order chi connectivity index (χ1) is 10.1. The molecule has 0 saturated carbocycles. The molecule has 1 N–H and O–H groups in total. The molecule has 1 aromatic carbocycles. The SMILES string of the molecule is CC1CCN(c2ccc(C(=O)O)cc2N2CCCC2)CC1. The Morgan fingerprint density at radius 1 is 1.05 bits per heavy atom. The van der Waals surface area contributed by atoms with Crippen molar-refractivity contribution in [1.82, 2.24) is 0 Å². The van der Waals surface area contributed by atoms with Crippen LogP contribution in [0.25, 0.3) is 0 Å². The lowest BCUT2D eigenvalue weighted by Gasteiger charge is -2.35. The molecule has 2 saturated heterocycles. The molecule has 1 aromatic rings. The number of carbonyl (C=O) groups is 1. The van der Waals surface area contributed by atoms with Crippen LogP contribution in [0.2, 0.25) is 0 Å². The normalized spacial score (nSPS) is 20.0. The van der Waals surface area contributed by atoms with Gasteiger partial charge in [0.15, 0.2) is 0 Å². The summed E-state index contributed by atoms with van der Waals surface area (Å²) in [5, 5.41) is 9.26. The maximum Gasteiger partial charge on any atom is 0.335 e. The first-order valence-corrected chi connectivity index (χ1v) is 8.02. The van der Waals surface area contributed by atoms with E-state index in [-0.39, 0.29) is 0 Å².